The van der Waals surface area contributed by atoms with Gasteiger partial charge in [-0.15, -0.1) is 0 Å². The summed E-state index contributed by atoms with van der Waals surface area (Å²) in [5, 5.41) is 11.9. The van der Waals surface area contributed by atoms with E-state index in [9.17, 15) is 9.59 Å². The minimum absolute atomic E-state index is 0.0916. The predicted molar refractivity (Wildman–Crippen MR) is 118 cm³/mol. The lowest BCUT2D eigenvalue weighted by atomic mass is 10.2. The summed E-state index contributed by atoms with van der Waals surface area (Å²) >= 11 is 4.59. The van der Waals surface area contributed by atoms with Crippen LogP contribution in [0.2, 0.25) is 0 Å². The number of halogens is 1. The molecule has 0 spiro atoms. The van der Waals surface area contributed by atoms with Gasteiger partial charge in [-0.1, -0.05) is 15.9 Å². The Hall–Kier alpha value is -3.09. The fourth-order valence-electron chi connectivity index (χ4n) is 2.50. The Balaban J connectivity index is 1.79. The van der Waals surface area contributed by atoms with Crippen LogP contribution < -0.4 is 10.1 Å². The molecule has 0 radical (unpaired) electrons. The third-order valence-electron chi connectivity index (χ3n) is 3.81. The fourth-order valence-corrected chi connectivity index (χ4v) is 3.71. The first-order valence-corrected chi connectivity index (χ1v) is 10.5. The Morgan fingerprint density at radius 1 is 1.30 bits per heavy atom. The maximum atomic E-state index is 12.4. The van der Waals surface area contributed by atoms with E-state index in [4.69, 9.17) is 14.7 Å². The van der Waals surface area contributed by atoms with Gasteiger partial charge in [-0.2, -0.15) is 5.26 Å². The monoisotopic (exact) mass is 485 g/mol. The minimum Gasteiger partial charge on any atom is -0.478 e. The molecule has 2 aromatic rings. The molecule has 1 aliphatic rings. The van der Waals surface area contributed by atoms with Crippen molar-refractivity contribution < 1.29 is 19.1 Å². The normalized spacial score (nSPS) is 15.7. The van der Waals surface area contributed by atoms with E-state index in [1.807, 2.05) is 6.07 Å². The molecule has 0 aromatic heterocycles. The SMILES string of the molecule is CCOC(=O)c1ccc(N=C2NC(=O)/C(=C\c3cc(Br)ccc3OCC#N)S2)cc1. The van der Waals surface area contributed by atoms with Crippen LogP contribution in [0.15, 0.2) is 56.8 Å². The highest BCUT2D eigenvalue weighted by Gasteiger charge is 2.24. The van der Waals surface area contributed by atoms with E-state index in [-0.39, 0.29) is 12.5 Å². The van der Waals surface area contributed by atoms with Gasteiger partial charge in [-0.05, 0) is 67.2 Å². The molecule has 3 rings (SSSR count). The zero-order valence-corrected chi connectivity index (χ0v) is 18.2. The van der Waals surface area contributed by atoms with E-state index in [0.717, 1.165) is 4.47 Å². The van der Waals surface area contributed by atoms with Crippen LogP contribution >= 0.6 is 27.7 Å². The second-order valence-corrected chi connectivity index (χ2v) is 7.82. The number of hydrogen-bond donors (Lipinski definition) is 1. The van der Waals surface area contributed by atoms with Crippen LogP contribution in [0.25, 0.3) is 6.08 Å². The molecule has 0 atom stereocenters. The Labute approximate surface area is 185 Å². The molecule has 1 N–H and O–H groups in total. The lowest BCUT2D eigenvalue weighted by Gasteiger charge is -2.07. The summed E-state index contributed by atoms with van der Waals surface area (Å²) in [6.07, 6.45) is 1.68. The third-order valence-corrected chi connectivity index (χ3v) is 5.21. The molecule has 2 aromatic carbocycles. The highest BCUT2D eigenvalue weighted by Crippen LogP contribution is 2.32. The van der Waals surface area contributed by atoms with Crippen LogP contribution in [0, 0.1) is 11.3 Å². The summed E-state index contributed by atoms with van der Waals surface area (Å²) in [4.78, 5) is 28.9. The van der Waals surface area contributed by atoms with Crippen LogP contribution in [0.5, 0.6) is 5.75 Å². The van der Waals surface area contributed by atoms with E-state index in [0.29, 0.717) is 39.2 Å². The summed E-state index contributed by atoms with van der Waals surface area (Å²) in [7, 11) is 0. The van der Waals surface area contributed by atoms with Crippen molar-refractivity contribution in [3.63, 3.8) is 0 Å². The minimum atomic E-state index is -0.395. The first-order chi connectivity index (χ1) is 14.5. The largest absolute Gasteiger partial charge is 0.478 e. The predicted octanol–water partition coefficient (Wildman–Crippen LogP) is 4.42. The van der Waals surface area contributed by atoms with E-state index < -0.39 is 5.97 Å². The Bertz CT molecular complexity index is 1070. The van der Waals surface area contributed by atoms with Gasteiger partial charge in [0.15, 0.2) is 11.8 Å². The van der Waals surface area contributed by atoms with E-state index in [2.05, 4.69) is 26.2 Å². The number of carbonyl (C=O) groups is 2. The first-order valence-electron chi connectivity index (χ1n) is 8.86. The zero-order valence-electron chi connectivity index (χ0n) is 15.8. The number of hydrogen-bond acceptors (Lipinski definition) is 7. The molecule has 1 aliphatic heterocycles. The molecule has 1 amide bonds. The molecular formula is C21H16BrN3O4S. The second kappa shape index (κ2) is 10.1. The maximum absolute atomic E-state index is 12.4. The number of amidine groups is 1. The summed E-state index contributed by atoms with van der Waals surface area (Å²) in [6.45, 7) is 1.96. The molecule has 152 valence electrons. The molecule has 9 heteroatoms. The van der Waals surface area contributed by atoms with Gasteiger partial charge in [-0.3, -0.25) is 4.79 Å². The number of amides is 1. The smallest absolute Gasteiger partial charge is 0.338 e. The van der Waals surface area contributed by atoms with Gasteiger partial charge in [0.2, 0.25) is 0 Å². The van der Waals surface area contributed by atoms with Crippen molar-refractivity contribution in [1.29, 1.82) is 5.26 Å². The average Bonchev–Trinajstić information content (AvgIpc) is 3.07. The van der Waals surface area contributed by atoms with E-state index in [1.54, 1.807) is 55.5 Å². The van der Waals surface area contributed by atoms with Gasteiger partial charge in [0, 0.05) is 10.0 Å². The number of nitriles is 1. The summed E-state index contributed by atoms with van der Waals surface area (Å²) in [5.41, 5.74) is 1.69. The van der Waals surface area contributed by atoms with Gasteiger partial charge in [0.25, 0.3) is 5.91 Å². The van der Waals surface area contributed by atoms with Crippen molar-refractivity contribution in [3.8, 4) is 11.8 Å². The maximum Gasteiger partial charge on any atom is 0.338 e. The zero-order chi connectivity index (χ0) is 21.5. The molecule has 0 bridgehead atoms. The Morgan fingerprint density at radius 3 is 2.77 bits per heavy atom. The van der Waals surface area contributed by atoms with Gasteiger partial charge in [0.1, 0.15) is 11.8 Å². The number of ether oxygens (including phenoxy) is 2. The Morgan fingerprint density at radius 2 is 2.07 bits per heavy atom. The first kappa shape index (κ1) is 21.6. The lowest BCUT2D eigenvalue weighted by Crippen LogP contribution is -2.19. The van der Waals surface area contributed by atoms with E-state index >= 15 is 0 Å². The molecule has 0 unspecified atom stereocenters. The molecule has 0 saturated carbocycles. The van der Waals surface area contributed by atoms with Crippen molar-refractivity contribution in [2.75, 3.05) is 13.2 Å². The quantitative estimate of drug-likeness (QED) is 0.479. The number of thioether (sulfide) groups is 1. The molecule has 7 nitrogen and oxygen atoms in total. The van der Waals surface area contributed by atoms with Crippen molar-refractivity contribution in [1.82, 2.24) is 5.32 Å². The summed E-state index contributed by atoms with van der Waals surface area (Å²) in [5.74, 6) is -0.178. The Kier molecular flexibility index (Phi) is 7.27. The highest BCUT2D eigenvalue weighted by atomic mass is 79.9. The molecule has 0 aliphatic carbocycles. The van der Waals surface area contributed by atoms with Crippen molar-refractivity contribution in [2.24, 2.45) is 4.99 Å². The molecule has 1 fully saturated rings. The highest BCUT2D eigenvalue weighted by molar-refractivity contribution is 9.10. The van der Waals surface area contributed by atoms with Crippen LogP contribution in [0.1, 0.15) is 22.8 Å². The number of rotatable bonds is 6. The third kappa shape index (κ3) is 5.49. The average molecular weight is 486 g/mol. The molecule has 1 heterocycles. The summed E-state index contributed by atoms with van der Waals surface area (Å²) in [6, 6.07) is 13.8. The molecule has 1 saturated heterocycles. The number of benzene rings is 2. The van der Waals surface area contributed by atoms with Crippen molar-refractivity contribution in [3.05, 3.63) is 63.0 Å². The van der Waals surface area contributed by atoms with Gasteiger partial charge in [0.05, 0.1) is 22.8 Å². The fraction of sp³-hybridized carbons (Fsp3) is 0.143. The van der Waals surface area contributed by atoms with Crippen LogP contribution in [-0.4, -0.2) is 30.3 Å². The number of carbonyl (C=O) groups excluding carboxylic acids is 2. The number of nitrogens with zero attached hydrogens (tertiary/aromatic N) is 2. The lowest BCUT2D eigenvalue weighted by molar-refractivity contribution is -0.115. The van der Waals surface area contributed by atoms with E-state index in [1.165, 1.54) is 11.8 Å². The number of esters is 1. The van der Waals surface area contributed by atoms with Crippen molar-refractivity contribution in [2.45, 2.75) is 6.92 Å². The second-order valence-electron chi connectivity index (χ2n) is 5.88. The standard InChI is InChI=1S/C21H16BrN3O4S/c1-2-28-20(27)13-3-6-16(7-4-13)24-21-25-19(26)18(30-21)12-14-11-15(22)5-8-17(14)29-10-9-23/h3-8,11-12H,2,10H2,1H3,(H,24,25,26)/b18-12+. The van der Waals surface area contributed by atoms with Crippen LogP contribution in [-0.2, 0) is 9.53 Å². The van der Waals surface area contributed by atoms with Crippen LogP contribution in [0.4, 0.5) is 5.69 Å². The number of aliphatic imine (C=N–C) groups is 1. The van der Waals surface area contributed by atoms with Crippen LogP contribution in [0.3, 0.4) is 0 Å². The topological polar surface area (TPSA) is 101 Å². The van der Waals surface area contributed by atoms with Gasteiger partial charge >= 0.3 is 5.97 Å². The molecular weight excluding hydrogens is 470 g/mol. The molecule has 30 heavy (non-hydrogen) atoms. The number of nitrogens with one attached hydrogen (secondary N) is 1. The summed E-state index contributed by atoms with van der Waals surface area (Å²) < 4.78 is 11.2. The van der Waals surface area contributed by atoms with Gasteiger partial charge < -0.3 is 14.8 Å². The van der Waals surface area contributed by atoms with Gasteiger partial charge in [-0.25, -0.2) is 9.79 Å². The van der Waals surface area contributed by atoms with Crippen molar-refractivity contribution >= 4 is 56.5 Å².